The van der Waals surface area contributed by atoms with E-state index >= 15 is 0 Å². The van der Waals surface area contributed by atoms with Crippen LogP contribution in [0.4, 0.5) is 0 Å². The molecule has 0 aliphatic carbocycles. The standard InChI is InChI=1S/C24H28N4O4/c1-31-24(30)21(16-18-6-3-2-4-7-18)26-23(29)20-17-28(22-19(20)8-5-9-25-22)11-10-27-12-14-32-15-13-27/h2-9,17,21H,10-16H2,1H3,(H,26,29)/t21-/m0/s1. The minimum Gasteiger partial charge on any atom is -0.467 e. The van der Waals surface area contributed by atoms with Gasteiger partial charge in [-0.15, -0.1) is 0 Å². The Balaban J connectivity index is 1.53. The van der Waals surface area contributed by atoms with Crippen LogP contribution in [0.5, 0.6) is 0 Å². The molecule has 2 aromatic heterocycles. The van der Waals surface area contributed by atoms with Crippen LogP contribution in [0.2, 0.25) is 0 Å². The van der Waals surface area contributed by atoms with E-state index in [2.05, 4.69) is 15.2 Å². The maximum Gasteiger partial charge on any atom is 0.328 e. The number of hydrogen-bond donors (Lipinski definition) is 1. The van der Waals surface area contributed by atoms with Crippen LogP contribution in [-0.2, 0) is 27.2 Å². The van der Waals surface area contributed by atoms with Crippen molar-refractivity contribution < 1.29 is 19.1 Å². The van der Waals surface area contributed by atoms with Gasteiger partial charge in [-0.25, -0.2) is 9.78 Å². The largest absolute Gasteiger partial charge is 0.467 e. The van der Waals surface area contributed by atoms with Gasteiger partial charge in [0.25, 0.3) is 5.91 Å². The van der Waals surface area contributed by atoms with Crippen LogP contribution in [0, 0.1) is 0 Å². The third-order valence-electron chi connectivity index (χ3n) is 5.71. The Morgan fingerprint density at radius 3 is 2.66 bits per heavy atom. The Morgan fingerprint density at radius 1 is 1.12 bits per heavy atom. The van der Waals surface area contributed by atoms with Crippen LogP contribution >= 0.6 is 0 Å². The molecule has 0 spiro atoms. The number of aromatic nitrogens is 2. The summed E-state index contributed by atoms with van der Waals surface area (Å²) in [7, 11) is 1.33. The number of nitrogens with one attached hydrogen (secondary N) is 1. The van der Waals surface area contributed by atoms with Crippen molar-refractivity contribution in [3.05, 3.63) is 66.0 Å². The van der Waals surface area contributed by atoms with E-state index < -0.39 is 12.0 Å². The van der Waals surface area contributed by atoms with E-state index in [1.54, 1.807) is 6.20 Å². The van der Waals surface area contributed by atoms with Gasteiger partial charge in [0, 0.05) is 50.4 Å². The minimum absolute atomic E-state index is 0.320. The van der Waals surface area contributed by atoms with E-state index in [4.69, 9.17) is 9.47 Å². The average Bonchev–Trinajstić information content (AvgIpc) is 3.22. The number of ether oxygens (including phenoxy) is 2. The van der Waals surface area contributed by atoms with Crippen molar-refractivity contribution in [2.24, 2.45) is 0 Å². The summed E-state index contributed by atoms with van der Waals surface area (Å²) in [4.78, 5) is 32.4. The first-order valence-corrected chi connectivity index (χ1v) is 10.8. The van der Waals surface area contributed by atoms with Gasteiger partial charge < -0.3 is 19.4 Å². The highest BCUT2D eigenvalue weighted by atomic mass is 16.5. The first kappa shape index (κ1) is 22.0. The third kappa shape index (κ3) is 5.15. The molecule has 1 atom stereocenters. The zero-order valence-electron chi connectivity index (χ0n) is 18.2. The normalized spacial score (nSPS) is 15.4. The van der Waals surface area contributed by atoms with Crippen molar-refractivity contribution in [3.8, 4) is 0 Å². The molecule has 1 saturated heterocycles. The second kappa shape index (κ2) is 10.4. The summed E-state index contributed by atoms with van der Waals surface area (Å²) in [6.45, 7) is 4.86. The molecular formula is C24H28N4O4. The Labute approximate surface area is 187 Å². The molecule has 1 aliphatic rings. The number of carbonyl (C=O) groups is 2. The summed E-state index contributed by atoms with van der Waals surface area (Å²) in [5.41, 5.74) is 2.19. The topological polar surface area (TPSA) is 85.7 Å². The van der Waals surface area contributed by atoms with E-state index in [1.807, 2.05) is 53.2 Å². The number of methoxy groups -OCH3 is 1. The van der Waals surface area contributed by atoms with E-state index in [0.29, 0.717) is 18.5 Å². The number of esters is 1. The van der Waals surface area contributed by atoms with E-state index in [1.165, 1.54) is 7.11 Å². The molecule has 8 heteroatoms. The molecule has 4 rings (SSSR count). The summed E-state index contributed by atoms with van der Waals surface area (Å²) >= 11 is 0. The molecule has 1 aliphatic heterocycles. The highest BCUT2D eigenvalue weighted by Gasteiger charge is 2.25. The van der Waals surface area contributed by atoms with E-state index in [0.717, 1.165) is 49.4 Å². The lowest BCUT2D eigenvalue weighted by Gasteiger charge is -2.26. The van der Waals surface area contributed by atoms with Gasteiger partial charge in [-0.05, 0) is 17.7 Å². The van der Waals surface area contributed by atoms with Gasteiger partial charge in [-0.3, -0.25) is 9.69 Å². The van der Waals surface area contributed by atoms with Crippen LogP contribution in [0.3, 0.4) is 0 Å². The average molecular weight is 437 g/mol. The SMILES string of the molecule is COC(=O)[C@H](Cc1ccccc1)NC(=O)c1cn(CCN2CCOCC2)c2ncccc12. The van der Waals surface area contributed by atoms with Crippen molar-refractivity contribution in [2.75, 3.05) is 40.0 Å². The monoisotopic (exact) mass is 436 g/mol. The Kier molecular flexibility index (Phi) is 7.14. The second-order valence-corrected chi connectivity index (χ2v) is 7.80. The quantitative estimate of drug-likeness (QED) is 0.543. The summed E-state index contributed by atoms with van der Waals surface area (Å²) in [6.07, 6.45) is 3.90. The molecule has 0 unspecified atom stereocenters. The molecule has 0 saturated carbocycles. The van der Waals surface area contributed by atoms with Crippen LogP contribution < -0.4 is 5.32 Å². The zero-order chi connectivity index (χ0) is 22.3. The van der Waals surface area contributed by atoms with Crippen LogP contribution in [0.15, 0.2) is 54.9 Å². The summed E-state index contributed by atoms with van der Waals surface area (Å²) in [5, 5.41) is 3.62. The van der Waals surface area contributed by atoms with Crippen LogP contribution in [0.1, 0.15) is 15.9 Å². The first-order chi connectivity index (χ1) is 15.7. The third-order valence-corrected chi connectivity index (χ3v) is 5.71. The molecule has 1 N–H and O–H groups in total. The molecule has 3 heterocycles. The Bertz CT molecular complexity index is 1060. The van der Waals surface area contributed by atoms with Gasteiger partial charge in [0.2, 0.25) is 0 Å². The number of pyridine rings is 1. The number of fused-ring (bicyclic) bond motifs is 1. The summed E-state index contributed by atoms with van der Waals surface area (Å²) < 4.78 is 12.4. The maximum absolute atomic E-state index is 13.2. The van der Waals surface area contributed by atoms with Gasteiger partial charge in [-0.2, -0.15) is 0 Å². The predicted octanol–water partition coefficient (Wildman–Crippen LogP) is 1.88. The van der Waals surface area contributed by atoms with Crippen molar-refractivity contribution in [2.45, 2.75) is 19.0 Å². The lowest BCUT2D eigenvalue weighted by Crippen LogP contribution is -2.43. The van der Waals surface area contributed by atoms with E-state index in [-0.39, 0.29) is 5.91 Å². The molecular weight excluding hydrogens is 408 g/mol. The summed E-state index contributed by atoms with van der Waals surface area (Å²) in [6, 6.07) is 12.5. The Hall–Kier alpha value is -3.23. The maximum atomic E-state index is 13.2. The lowest BCUT2D eigenvalue weighted by molar-refractivity contribution is -0.142. The number of nitrogens with zero attached hydrogens (tertiary/aromatic N) is 3. The van der Waals surface area contributed by atoms with Gasteiger partial charge in [0.15, 0.2) is 0 Å². The number of benzene rings is 1. The van der Waals surface area contributed by atoms with Gasteiger partial charge >= 0.3 is 5.97 Å². The number of carbonyl (C=O) groups excluding carboxylic acids is 2. The zero-order valence-corrected chi connectivity index (χ0v) is 18.2. The van der Waals surface area contributed by atoms with E-state index in [9.17, 15) is 9.59 Å². The predicted molar refractivity (Wildman–Crippen MR) is 120 cm³/mol. The minimum atomic E-state index is -0.779. The molecule has 3 aromatic rings. The van der Waals surface area contributed by atoms with Gasteiger partial charge in [0.05, 0.1) is 25.9 Å². The molecule has 8 nitrogen and oxygen atoms in total. The fourth-order valence-electron chi connectivity index (χ4n) is 3.97. The molecule has 1 amide bonds. The molecule has 0 radical (unpaired) electrons. The van der Waals surface area contributed by atoms with Crippen molar-refractivity contribution >= 4 is 22.9 Å². The molecule has 168 valence electrons. The molecule has 0 bridgehead atoms. The van der Waals surface area contributed by atoms with Crippen LogP contribution in [0.25, 0.3) is 11.0 Å². The smallest absolute Gasteiger partial charge is 0.328 e. The fraction of sp³-hybridized carbons (Fsp3) is 0.375. The molecule has 1 aromatic carbocycles. The van der Waals surface area contributed by atoms with Crippen molar-refractivity contribution in [1.29, 1.82) is 0 Å². The highest BCUT2D eigenvalue weighted by Crippen LogP contribution is 2.20. The van der Waals surface area contributed by atoms with Crippen molar-refractivity contribution in [1.82, 2.24) is 19.8 Å². The number of morpholine rings is 1. The van der Waals surface area contributed by atoms with Crippen LogP contribution in [-0.4, -0.2) is 72.3 Å². The van der Waals surface area contributed by atoms with Gasteiger partial charge in [0.1, 0.15) is 11.7 Å². The second-order valence-electron chi connectivity index (χ2n) is 7.80. The number of rotatable bonds is 8. The Morgan fingerprint density at radius 2 is 1.91 bits per heavy atom. The van der Waals surface area contributed by atoms with Gasteiger partial charge in [-0.1, -0.05) is 30.3 Å². The lowest BCUT2D eigenvalue weighted by atomic mass is 10.1. The molecule has 32 heavy (non-hydrogen) atoms. The summed E-state index contributed by atoms with van der Waals surface area (Å²) in [5.74, 6) is -0.796. The first-order valence-electron chi connectivity index (χ1n) is 10.8. The number of amides is 1. The highest BCUT2D eigenvalue weighted by molar-refractivity contribution is 6.07. The fourth-order valence-corrected chi connectivity index (χ4v) is 3.97. The molecule has 1 fully saturated rings. The van der Waals surface area contributed by atoms with Crippen molar-refractivity contribution in [3.63, 3.8) is 0 Å². The number of hydrogen-bond acceptors (Lipinski definition) is 6.